The van der Waals surface area contributed by atoms with Gasteiger partial charge in [0, 0.05) is 28.7 Å². The summed E-state index contributed by atoms with van der Waals surface area (Å²) in [5, 5.41) is 1.52. The Bertz CT molecular complexity index is 839. The summed E-state index contributed by atoms with van der Waals surface area (Å²) in [7, 11) is 0. The van der Waals surface area contributed by atoms with Gasteiger partial charge in [0.1, 0.15) is 5.82 Å². The van der Waals surface area contributed by atoms with E-state index in [2.05, 4.69) is 30.9 Å². The van der Waals surface area contributed by atoms with E-state index >= 15 is 0 Å². The first-order valence-electron chi connectivity index (χ1n) is 6.04. The second-order valence-corrected chi connectivity index (χ2v) is 6.11. The van der Waals surface area contributed by atoms with Gasteiger partial charge in [-0.2, -0.15) is 0 Å². The Kier molecular flexibility index (Phi) is 3.97. The molecule has 4 nitrogen and oxygen atoms in total. The van der Waals surface area contributed by atoms with E-state index in [4.69, 9.17) is 28.9 Å². The highest BCUT2D eigenvalue weighted by Crippen LogP contribution is 2.31. The summed E-state index contributed by atoms with van der Waals surface area (Å²) in [6.45, 7) is 0. The number of nitrogens with two attached hydrogens (primary N) is 1. The van der Waals surface area contributed by atoms with Crippen molar-refractivity contribution < 1.29 is 0 Å². The Balaban J connectivity index is 2.19. The predicted octanol–water partition coefficient (Wildman–Crippen LogP) is 4.27. The van der Waals surface area contributed by atoms with Gasteiger partial charge in [0.15, 0.2) is 0 Å². The number of aromatic nitrogens is 3. The Morgan fingerprint density at radius 3 is 2.71 bits per heavy atom. The lowest BCUT2D eigenvalue weighted by atomic mass is 10.0. The molecule has 2 aromatic heterocycles. The molecule has 3 rings (SSSR count). The minimum absolute atomic E-state index is 0.137. The lowest BCUT2D eigenvalue weighted by Crippen LogP contribution is -2.00. The number of anilines is 1. The Hall–Kier alpha value is -1.43. The van der Waals surface area contributed by atoms with Crippen LogP contribution >= 0.6 is 39.1 Å². The van der Waals surface area contributed by atoms with E-state index in [0.29, 0.717) is 22.8 Å². The van der Waals surface area contributed by atoms with E-state index < -0.39 is 0 Å². The zero-order chi connectivity index (χ0) is 15.0. The summed E-state index contributed by atoms with van der Waals surface area (Å²) in [5.74, 6) is 0.358. The molecule has 0 aliphatic carbocycles. The number of fused-ring (bicyclic) bond motifs is 1. The maximum absolute atomic E-state index is 6.01. The first-order valence-corrected chi connectivity index (χ1v) is 7.59. The van der Waals surface area contributed by atoms with E-state index in [1.54, 1.807) is 12.4 Å². The summed E-state index contributed by atoms with van der Waals surface area (Å²) in [5.41, 5.74) is 8.68. The third kappa shape index (κ3) is 2.95. The lowest BCUT2D eigenvalue weighted by molar-refractivity contribution is 1.14. The second kappa shape index (κ2) is 5.75. The van der Waals surface area contributed by atoms with Crippen LogP contribution < -0.4 is 5.73 Å². The van der Waals surface area contributed by atoms with E-state index in [0.717, 1.165) is 21.0 Å². The van der Waals surface area contributed by atoms with Crippen LogP contribution in [0.2, 0.25) is 10.3 Å². The van der Waals surface area contributed by atoms with Crippen molar-refractivity contribution in [2.24, 2.45) is 0 Å². The van der Waals surface area contributed by atoms with E-state index in [1.165, 1.54) is 0 Å². The van der Waals surface area contributed by atoms with Crippen molar-refractivity contribution in [1.82, 2.24) is 15.0 Å². The van der Waals surface area contributed by atoms with E-state index in [9.17, 15) is 0 Å². The molecule has 21 heavy (non-hydrogen) atoms. The molecule has 0 atom stereocenters. The molecule has 1 aromatic carbocycles. The Labute approximate surface area is 139 Å². The molecule has 106 valence electrons. The maximum atomic E-state index is 6.01. The molecule has 0 unspecified atom stereocenters. The summed E-state index contributed by atoms with van der Waals surface area (Å²) >= 11 is 15.4. The van der Waals surface area contributed by atoms with E-state index in [-0.39, 0.29) is 5.28 Å². The highest BCUT2D eigenvalue weighted by Gasteiger charge is 2.13. The fraction of sp³-hybridized carbons (Fsp3) is 0.0714. The van der Waals surface area contributed by atoms with Gasteiger partial charge in [0.25, 0.3) is 0 Å². The number of nitrogens with zero attached hydrogens (tertiary/aromatic N) is 3. The van der Waals surface area contributed by atoms with Crippen molar-refractivity contribution in [3.8, 4) is 0 Å². The molecule has 0 radical (unpaired) electrons. The number of hydrogen-bond acceptors (Lipinski definition) is 4. The zero-order valence-electron chi connectivity index (χ0n) is 10.6. The average Bonchev–Trinajstić information content (AvgIpc) is 2.42. The van der Waals surface area contributed by atoms with Gasteiger partial charge in [-0.05, 0) is 40.9 Å². The smallest absolute Gasteiger partial charge is 0.224 e. The molecule has 0 aliphatic heterocycles. The molecule has 3 aromatic rings. The standard InChI is InChI=1S/C14H9BrCl2N4/c15-10-1-2-11-12(13(18)21-14(17)20-11)9(10)4-7-3-8(16)6-19-5-7/h1-3,5-6H,4H2,(H2,18,20,21). The van der Waals surface area contributed by atoms with Gasteiger partial charge in [0.2, 0.25) is 5.28 Å². The third-order valence-electron chi connectivity index (χ3n) is 3.06. The molecule has 0 spiro atoms. The largest absolute Gasteiger partial charge is 0.383 e. The summed E-state index contributed by atoms with van der Waals surface area (Å²) < 4.78 is 0.924. The van der Waals surface area contributed by atoms with Crippen LogP contribution in [0.4, 0.5) is 5.82 Å². The number of hydrogen-bond donors (Lipinski definition) is 1. The number of halogens is 3. The molecule has 0 saturated heterocycles. The SMILES string of the molecule is Nc1nc(Cl)nc2ccc(Br)c(Cc3cncc(Cl)c3)c12. The highest BCUT2D eigenvalue weighted by atomic mass is 79.9. The fourth-order valence-corrected chi connectivity index (χ4v) is 3.05. The van der Waals surface area contributed by atoms with Crippen LogP contribution in [0, 0.1) is 0 Å². The molecule has 0 aliphatic rings. The minimum atomic E-state index is 0.137. The van der Waals surface area contributed by atoms with E-state index in [1.807, 2.05) is 18.2 Å². The number of nitrogen functional groups attached to an aromatic ring is 1. The van der Waals surface area contributed by atoms with Gasteiger partial charge >= 0.3 is 0 Å². The van der Waals surface area contributed by atoms with Crippen molar-refractivity contribution >= 4 is 55.9 Å². The lowest BCUT2D eigenvalue weighted by Gasteiger charge is -2.11. The summed E-state index contributed by atoms with van der Waals surface area (Å²) in [4.78, 5) is 12.3. The molecule has 0 saturated carbocycles. The average molecular weight is 384 g/mol. The highest BCUT2D eigenvalue weighted by molar-refractivity contribution is 9.10. The van der Waals surface area contributed by atoms with Crippen molar-refractivity contribution in [2.45, 2.75) is 6.42 Å². The Morgan fingerprint density at radius 2 is 1.95 bits per heavy atom. The summed E-state index contributed by atoms with van der Waals surface area (Å²) in [6, 6.07) is 5.63. The quantitative estimate of drug-likeness (QED) is 0.671. The molecule has 2 N–H and O–H groups in total. The molecular weight excluding hydrogens is 375 g/mol. The van der Waals surface area contributed by atoms with Crippen LogP contribution in [0.25, 0.3) is 10.9 Å². The van der Waals surface area contributed by atoms with Crippen molar-refractivity contribution in [2.75, 3.05) is 5.73 Å². The van der Waals surface area contributed by atoms with Gasteiger partial charge in [-0.1, -0.05) is 27.5 Å². The second-order valence-electron chi connectivity index (χ2n) is 4.49. The van der Waals surface area contributed by atoms with Crippen molar-refractivity contribution in [3.63, 3.8) is 0 Å². The molecule has 0 bridgehead atoms. The van der Waals surface area contributed by atoms with Crippen LogP contribution in [0.5, 0.6) is 0 Å². The van der Waals surface area contributed by atoms with Crippen LogP contribution in [0.15, 0.2) is 35.1 Å². The molecule has 0 amide bonds. The topological polar surface area (TPSA) is 64.7 Å². The normalized spacial score (nSPS) is 11.0. The van der Waals surface area contributed by atoms with Gasteiger partial charge < -0.3 is 5.73 Å². The zero-order valence-corrected chi connectivity index (χ0v) is 13.7. The Morgan fingerprint density at radius 1 is 1.14 bits per heavy atom. The van der Waals surface area contributed by atoms with Gasteiger partial charge in [-0.25, -0.2) is 9.97 Å². The van der Waals surface area contributed by atoms with Crippen molar-refractivity contribution in [3.05, 3.63) is 56.5 Å². The van der Waals surface area contributed by atoms with Crippen LogP contribution in [0.3, 0.4) is 0 Å². The van der Waals surface area contributed by atoms with Gasteiger partial charge in [-0.3, -0.25) is 4.98 Å². The van der Waals surface area contributed by atoms with Crippen LogP contribution in [-0.2, 0) is 6.42 Å². The third-order valence-corrected chi connectivity index (χ3v) is 4.18. The predicted molar refractivity (Wildman–Crippen MR) is 88.7 cm³/mol. The van der Waals surface area contributed by atoms with Crippen molar-refractivity contribution in [1.29, 1.82) is 0 Å². The minimum Gasteiger partial charge on any atom is -0.383 e. The maximum Gasteiger partial charge on any atom is 0.224 e. The number of benzene rings is 1. The summed E-state index contributed by atoms with van der Waals surface area (Å²) in [6.07, 6.45) is 3.98. The number of rotatable bonds is 2. The van der Waals surface area contributed by atoms with Crippen LogP contribution in [0.1, 0.15) is 11.1 Å². The monoisotopic (exact) mass is 382 g/mol. The molecule has 2 heterocycles. The van der Waals surface area contributed by atoms with Crippen LogP contribution in [-0.4, -0.2) is 15.0 Å². The van der Waals surface area contributed by atoms with Gasteiger partial charge in [0.05, 0.1) is 10.5 Å². The number of pyridine rings is 1. The fourth-order valence-electron chi connectivity index (χ4n) is 2.20. The molecular formula is C14H9BrCl2N4. The first-order chi connectivity index (χ1) is 10.0. The van der Waals surface area contributed by atoms with Gasteiger partial charge in [-0.15, -0.1) is 0 Å². The molecule has 7 heteroatoms. The first kappa shape index (κ1) is 14.5. The molecule has 0 fully saturated rings.